The first kappa shape index (κ1) is 35.3. The fourth-order valence-electron chi connectivity index (χ4n) is 8.85. The van der Waals surface area contributed by atoms with Gasteiger partial charge in [-0.1, -0.05) is 71.3 Å². The molecule has 1 saturated carbocycles. The largest absolute Gasteiger partial charge is 0.507 e. The summed E-state index contributed by atoms with van der Waals surface area (Å²) in [5, 5.41) is 22.8. The number of allylic oxidation sites excluding steroid dienone is 3. The van der Waals surface area contributed by atoms with Crippen LogP contribution in [0.3, 0.4) is 0 Å². The Kier molecular flexibility index (Phi) is 9.12. The zero-order valence-electron chi connectivity index (χ0n) is 28.1. The second-order valence-corrected chi connectivity index (χ2v) is 14.4. The summed E-state index contributed by atoms with van der Waals surface area (Å²) in [5.41, 5.74) is 3.61. The van der Waals surface area contributed by atoms with E-state index in [0.717, 1.165) is 9.91 Å². The first-order valence-electron chi connectivity index (χ1n) is 16.9. The average Bonchev–Trinajstić information content (AvgIpc) is 3.50. The summed E-state index contributed by atoms with van der Waals surface area (Å²) in [4.78, 5) is 70.4. The molecule has 3 aromatic carbocycles. The second kappa shape index (κ2) is 13.4. The van der Waals surface area contributed by atoms with Crippen LogP contribution in [0.15, 0.2) is 85.0 Å². The summed E-state index contributed by atoms with van der Waals surface area (Å²) in [7, 11) is 1.52. The second-order valence-electron chi connectivity index (χ2n) is 13.5. The molecular formula is C39H35Cl2N3O8. The third-order valence-electron chi connectivity index (χ3n) is 11.0. The van der Waals surface area contributed by atoms with Crippen LogP contribution in [0.4, 0.5) is 5.69 Å². The number of carbonyl (C=O) groups excluding carboxylic acids is 4. The number of halogens is 2. The van der Waals surface area contributed by atoms with Gasteiger partial charge < -0.3 is 14.9 Å². The number of anilines is 1. The minimum Gasteiger partial charge on any atom is -0.507 e. The van der Waals surface area contributed by atoms with Crippen molar-refractivity contribution in [2.75, 3.05) is 19.1 Å². The summed E-state index contributed by atoms with van der Waals surface area (Å²) >= 11 is 12.7. The number of benzene rings is 3. The number of amides is 4. The molecule has 3 N–H and O–H groups in total. The van der Waals surface area contributed by atoms with E-state index in [-0.39, 0.29) is 35.8 Å². The number of imide groups is 2. The molecule has 0 radical (unpaired) electrons. The van der Waals surface area contributed by atoms with E-state index in [4.69, 9.17) is 27.9 Å². The molecule has 52 heavy (non-hydrogen) atoms. The number of nitrogens with zero attached hydrogens (tertiary/aromatic N) is 2. The Hall–Kier alpha value is -5.13. The van der Waals surface area contributed by atoms with Crippen molar-refractivity contribution in [1.29, 1.82) is 0 Å². The Morgan fingerprint density at radius 2 is 1.79 bits per heavy atom. The van der Waals surface area contributed by atoms with Crippen LogP contribution in [-0.2, 0) is 35.8 Å². The summed E-state index contributed by atoms with van der Waals surface area (Å²) in [5.74, 6) is -7.26. The maximum Gasteiger partial charge on any atom is 0.305 e. The van der Waals surface area contributed by atoms with Crippen molar-refractivity contribution in [3.8, 4) is 11.5 Å². The number of fused-ring (bicyclic) bond motifs is 4. The predicted octanol–water partition coefficient (Wildman–Crippen LogP) is 5.90. The monoisotopic (exact) mass is 743 g/mol. The van der Waals surface area contributed by atoms with Crippen molar-refractivity contribution in [2.45, 2.75) is 37.0 Å². The molecule has 13 heteroatoms. The highest BCUT2D eigenvalue weighted by atomic mass is 35.5. The van der Waals surface area contributed by atoms with Crippen LogP contribution in [0.5, 0.6) is 11.5 Å². The summed E-state index contributed by atoms with van der Waals surface area (Å²) in [6, 6.07) is 16.7. The molecule has 6 atom stereocenters. The number of nitrogens with one attached hydrogen (secondary N) is 1. The number of methoxy groups -OCH3 is 1. The molecule has 3 aromatic rings. The maximum absolute atomic E-state index is 15.4. The number of hydrogen-bond donors (Lipinski definition) is 3. The van der Waals surface area contributed by atoms with Crippen molar-refractivity contribution < 1.29 is 38.9 Å². The van der Waals surface area contributed by atoms with Gasteiger partial charge in [0.25, 0.3) is 11.8 Å². The van der Waals surface area contributed by atoms with Gasteiger partial charge in [-0.05, 0) is 66.6 Å². The fraction of sp³-hybridized carbons (Fsp3) is 0.308. The van der Waals surface area contributed by atoms with E-state index in [1.165, 1.54) is 13.2 Å². The number of carboxylic acid groups (broad SMARTS) is 1. The number of rotatable bonds is 10. The lowest BCUT2D eigenvalue weighted by Crippen LogP contribution is -2.53. The highest BCUT2D eigenvalue weighted by Crippen LogP contribution is 2.65. The Morgan fingerprint density at radius 1 is 1.04 bits per heavy atom. The molecule has 4 amide bonds. The van der Waals surface area contributed by atoms with Crippen LogP contribution in [0.1, 0.15) is 41.9 Å². The van der Waals surface area contributed by atoms with E-state index in [2.05, 4.69) is 12.0 Å². The van der Waals surface area contributed by atoms with Crippen molar-refractivity contribution in [3.05, 3.63) is 112 Å². The zero-order valence-corrected chi connectivity index (χ0v) is 29.6. The number of aromatic hydroxyl groups is 1. The topological polar surface area (TPSA) is 154 Å². The molecule has 7 rings (SSSR count). The quantitative estimate of drug-likeness (QED) is 0.170. The fourth-order valence-corrected chi connectivity index (χ4v) is 9.30. The number of likely N-dealkylation sites (tertiary alicyclic amines) is 1. The zero-order chi connectivity index (χ0) is 37.1. The Morgan fingerprint density at radius 3 is 2.46 bits per heavy atom. The van der Waals surface area contributed by atoms with Crippen LogP contribution in [0.2, 0.25) is 10.0 Å². The van der Waals surface area contributed by atoms with Crippen LogP contribution in [0.25, 0.3) is 0 Å². The van der Waals surface area contributed by atoms with Gasteiger partial charge in [-0.15, -0.1) is 6.58 Å². The highest BCUT2D eigenvalue weighted by Gasteiger charge is 2.70. The molecule has 2 aliphatic carbocycles. The number of hydrazine groups is 1. The van der Waals surface area contributed by atoms with E-state index in [0.29, 0.717) is 39.5 Å². The third kappa shape index (κ3) is 5.37. The lowest BCUT2D eigenvalue weighted by molar-refractivity contribution is -0.143. The first-order chi connectivity index (χ1) is 24.9. The molecule has 2 heterocycles. The Labute approximate surface area is 309 Å². The summed E-state index contributed by atoms with van der Waals surface area (Å²) in [6.07, 6.45) is 3.61. The molecule has 268 valence electrons. The molecule has 0 unspecified atom stereocenters. The van der Waals surface area contributed by atoms with Gasteiger partial charge in [0.15, 0.2) is 0 Å². The van der Waals surface area contributed by atoms with Gasteiger partial charge in [-0.2, -0.15) is 5.01 Å². The van der Waals surface area contributed by atoms with Crippen LogP contribution in [-0.4, -0.2) is 63.4 Å². The smallest absolute Gasteiger partial charge is 0.305 e. The number of carbonyl (C=O) groups is 5. The van der Waals surface area contributed by atoms with Crippen molar-refractivity contribution >= 4 is 58.5 Å². The van der Waals surface area contributed by atoms with Crippen molar-refractivity contribution in [3.63, 3.8) is 0 Å². The van der Waals surface area contributed by atoms with Gasteiger partial charge in [0.2, 0.25) is 11.8 Å². The third-order valence-corrected chi connectivity index (χ3v) is 11.6. The van der Waals surface area contributed by atoms with E-state index >= 15 is 4.79 Å². The molecule has 0 aromatic heterocycles. The van der Waals surface area contributed by atoms with E-state index in [1.807, 2.05) is 6.08 Å². The van der Waals surface area contributed by atoms with Gasteiger partial charge in [-0.3, -0.25) is 34.3 Å². The van der Waals surface area contributed by atoms with Crippen LogP contribution < -0.4 is 10.2 Å². The van der Waals surface area contributed by atoms with Gasteiger partial charge in [-0.25, -0.2) is 0 Å². The van der Waals surface area contributed by atoms with Gasteiger partial charge >= 0.3 is 5.97 Å². The molecule has 3 fully saturated rings. The molecule has 2 saturated heterocycles. The number of hydrogen-bond acceptors (Lipinski definition) is 8. The van der Waals surface area contributed by atoms with E-state index < -0.39 is 71.0 Å². The Bertz CT molecular complexity index is 2070. The van der Waals surface area contributed by atoms with E-state index in [1.54, 1.807) is 60.7 Å². The summed E-state index contributed by atoms with van der Waals surface area (Å²) < 4.78 is 5.44. The standard InChI is InChI=1S/C39H35Cl2N3O8/c1-3-5-20-6-4-7-26(34(20)47)33-24-13-14-25-32(37(50)43(35(25)48)17-16-31(45)46)27(24)19-28-36(49)44(42-30-15-10-22(40)18-29(30)41)38(51)39(28,33)21-8-11-23(52-2)12-9-21/h3-4,6-13,15,18,25,27-28,32-33,42,47H,1,5,14,16-17,19H2,2H3,(H,45,46)/t25-,27+,28-,32-,33+,39+/m0/s1. The highest BCUT2D eigenvalue weighted by molar-refractivity contribution is 6.36. The Balaban J connectivity index is 1.46. The number of aliphatic carboxylic acids is 1. The molecule has 0 bridgehead atoms. The van der Waals surface area contributed by atoms with Crippen molar-refractivity contribution in [1.82, 2.24) is 9.91 Å². The van der Waals surface area contributed by atoms with Gasteiger partial charge in [0, 0.05) is 23.0 Å². The van der Waals surface area contributed by atoms with Gasteiger partial charge in [0.1, 0.15) is 11.5 Å². The number of para-hydroxylation sites is 1. The van der Waals surface area contributed by atoms with E-state index in [9.17, 15) is 29.4 Å². The molecule has 2 aliphatic heterocycles. The number of ether oxygens (including phenoxy) is 1. The summed E-state index contributed by atoms with van der Waals surface area (Å²) in [6.45, 7) is 3.55. The van der Waals surface area contributed by atoms with Crippen LogP contribution >= 0.6 is 23.2 Å². The van der Waals surface area contributed by atoms with Gasteiger partial charge in [0.05, 0.1) is 47.4 Å². The number of phenolic OH excluding ortho intramolecular Hbond substituents is 1. The molecule has 11 nitrogen and oxygen atoms in total. The molecule has 0 spiro atoms. The lowest BCUT2D eigenvalue weighted by Gasteiger charge is -2.50. The van der Waals surface area contributed by atoms with Crippen LogP contribution in [0, 0.1) is 23.7 Å². The lowest BCUT2D eigenvalue weighted by atomic mass is 9.49. The normalized spacial score (nSPS) is 26.4. The number of carboxylic acids is 1. The molecular weight excluding hydrogens is 709 g/mol. The van der Waals surface area contributed by atoms with Crippen molar-refractivity contribution in [2.24, 2.45) is 23.7 Å². The predicted molar refractivity (Wildman–Crippen MR) is 192 cm³/mol. The maximum atomic E-state index is 15.4. The first-order valence-corrected chi connectivity index (χ1v) is 17.6. The average molecular weight is 745 g/mol. The minimum atomic E-state index is -1.65. The minimum absolute atomic E-state index is 0.0194. The number of phenols is 1. The SMILES string of the molecule is C=CCc1cccc([C@H]2C3=CC[C@@H]4C(=O)N(CCC(=O)O)C(=O)[C@@H]4[C@@H]3C[C@H]3C(=O)N(Nc4ccc(Cl)cc4Cl)C(=O)[C@@]23c2ccc(OC)cc2)c1O. The molecule has 4 aliphatic rings.